The van der Waals surface area contributed by atoms with E-state index >= 15 is 0 Å². The van der Waals surface area contributed by atoms with Crippen LogP contribution in [0.2, 0.25) is 0 Å². The van der Waals surface area contributed by atoms with Crippen molar-refractivity contribution in [3.63, 3.8) is 0 Å². The maximum atomic E-state index is 13.2. The molecule has 0 aromatic heterocycles. The summed E-state index contributed by atoms with van der Waals surface area (Å²) in [5, 5.41) is 55.0. The van der Waals surface area contributed by atoms with Crippen LogP contribution in [0, 0.1) is 0 Å². The molecule has 1 saturated heterocycles. The maximum Gasteiger partial charge on any atom is 0.220 e. The summed E-state index contributed by atoms with van der Waals surface area (Å²) in [6.07, 6.45) is 76.4. The van der Waals surface area contributed by atoms with E-state index in [1.54, 1.807) is 0 Å². The molecule has 502 valence electrons. The van der Waals surface area contributed by atoms with Crippen LogP contribution in [0.4, 0.5) is 0 Å². The fourth-order valence-corrected chi connectivity index (χ4v) is 13.0. The van der Waals surface area contributed by atoms with Gasteiger partial charge in [0.25, 0.3) is 0 Å². The number of nitrogens with one attached hydrogen (secondary N) is 1. The van der Waals surface area contributed by atoms with Crippen LogP contribution in [0.1, 0.15) is 418 Å². The Morgan fingerprint density at radius 1 is 0.357 bits per heavy atom. The molecule has 7 atom stereocenters. The highest BCUT2D eigenvalue weighted by atomic mass is 16.7. The molecule has 7 unspecified atom stereocenters. The number of hydrogen-bond acceptors (Lipinski definition) is 8. The Bertz CT molecular complexity index is 1290. The second-order valence-electron chi connectivity index (χ2n) is 27.2. The maximum absolute atomic E-state index is 13.2. The van der Waals surface area contributed by atoms with Crippen molar-refractivity contribution in [1.82, 2.24) is 5.32 Å². The van der Waals surface area contributed by atoms with Gasteiger partial charge in [0.05, 0.1) is 25.4 Å². The zero-order chi connectivity index (χ0) is 60.7. The number of hydrogen-bond donors (Lipinski definition) is 6. The lowest BCUT2D eigenvalue weighted by Crippen LogP contribution is -2.60. The lowest BCUT2D eigenvalue weighted by Gasteiger charge is -2.40. The summed E-state index contributed by atoms with van der Waals surface area (Å²) in [6, 6.07) is -0.716. The van der Waals surface area contributed by atoms with Crippen LogP contribution in [-0.4, -0.2) is 87.5 Å². The van der Waals surface area contributed by atoms with Crippen LogP contribution >= 0.6 is 0 Å². The van der Waals surface area contributed by atoms with Gasteiger partial charge in [-0.15, -0.1) is 0 Å². The number of aliphatic hydroxyl groups is 5. The molecule has 1 fully saturated rings. The molecule has 0 aromatic carbocycles. The van der Waals surface area contributed by atoms with Crippen LogP contribution in [0.5, 0.6) is 0 Å². The van der Waals surface area contributed by atoms with Gasteiger partial charge in [-0.05, 0) is 12.8 Å². The van der Waals surface area contributed by atoms with Crippen molar-refractivity contribution in [3.8, 4) is 0 Å². The van der Waals surface area contributed by atoms with Crippen molar-refractivity contribution >= 4 is 5.91 Å². The summed E-state index contributed by atoms with van der Waals surface area (Å²) in [6.45, 7) is 3.92. The average molecular weight is 1190 g/mol. The molecule has 0 bridgehead atoms. The summed E-state index contributed by atoms with van der Waals surface area (Å²) in [4.78, 5) is 13.2. The van der Waals surface area contributed by atoms with Gasteiger partial charge in [0, 0.05) is 6.42 Å². The molecule has 0 spiro atoms. The summed E-state index contributed by atoms with van der Waals surface area (Å²) in [7, 11) is 0. The fraction of sp³-hybridized carbons (Fsp3) is 0.987. The highest BCUT2D eigenvalue weighted by Crippen LogP contribution is 2.24. The third kappa shape index (κ3) is 53.1. The normalized spacial score (nSPS) is 18.0. The number of rotatable bonds is 69. The van der Waals surface area contributed by atoms with Gasteiger partial charge in [-0.1, -0.05) is 399 Å². The molecule has 1 aliphatic rings. The van der Waals surface area contributed by atoms with E-state index in [0.717, 1.165) is 38.5 Å². The van der Waals surface area contributed by atoms with Crippen LogP contribution in [0.15, 0.2) is 0 Å². The Hall–Kier alpha value is -0.810. The molecule has 0 radical (unpaired) electrons. The molecular formula is C75H149NO8. The molecule has 0 aliphatic carbocycles. The number of amides is 1. The summed E-state index contributed by atoms with van der Waals surface area (Å²) < 4.78 is 11.4. The van der Waals surface area contributed by atoms with Gasteiger partial charge in [0.2, 0.25) is 5.91 Å². The smallest absolute Gasteiger partial charge is 0.220 e. The summed E-state index contributed by atoms with van der Waals surface area (Å²) in [5.74, 6) is -0.132. The first-order valence-corrected chi connectivity index (χ1v) is 38.2. The first-order valence-electron chi connectivity index (χ1n) is 38.2. The van der Waals surface area contributed by atoms with Gasteiger partial charge >= 0.3 is 0 Å². The second kappa shape index (κ2) is 65.2. The highest BCUT2D eigenvalue weighted by molar-refractivity contribution is 5.76. The van der Waals surface area contributed by atoms with E-state index in [-0.39, 0.29) is 12.5 Å². The third-order valence-electron chi connectivity index (χ3n) is 19.0. The molecular weight excluding hydrogens is 1040 g/mol. The molecule has 84 heavy (non-hydrogen) atoms. The minimum Gasteiger partial charge on any atom is -0.394 e. The SMILES string of the molecule is CCCCCCCCCCCCCCCCCCCCCCCCCCCCCCCCCCCCCCC(=O)NC(COC1OC(CO)C(O)C(O)C1O)C(O)CCCCCCCCCCCCCCCCCCCCCCCCCCC. The molecule has 9 nitrogen and oxygen atoms in total. The van der Waals surface area contributed by atoms with Gasteiger partial charge < -0.3 is 40.3 Å². The topological polar surface area (TPSA) is 149 Å². The van der Waals surface area contributed by atoms with E-state index in [1.807, 2.05) is 0 Å². The predicted molar refractivity (Wildman–Crippen MR) is 360 cm³/mol. The Morgan fingerprint density at radius 2 is 0.595 bits per heavy atom. The highest BCUT2D eigenvalue weighted by Gasteiger charge is 2.44. The molecule has 6 N–H and O–H groups in total. The van der Waals surface area contributed by atoms with E-state index in [2.05, 4.69) is 19.2 Å². The monoisotopic (exact) mass is 1190 g/mol. The zero-order valence-corrected chi connectivity index (χ0v) is 56.5. The standard InChI is InChI=1S/C75H149NO8/c1-3-5-7-9-11-13-15-17-19-21-23-25-27-29-30-31-32-33-34-35-36-37-38-39-41-43-45-47-49-51-53-55-57-59-61-63-65-71(79)76-68(67-83-75-74(82)73(81)72(80)70(66-77)84-75)69(78)64-62-60-58-56-54-52-50-48-46-44-42-40-28-26-24-22-20-18-16-14-12-10-8-6-4-2/h68-70,72-75,77-78,80-82H,3-67H2,1-2H3,(H,76,79). The van der Waals surface area contributed by atoms with Gasteiger partial charge in [0.15, 0.2) is 6.29 Å². The number of ether oxygens (including phenoxy) is 2. The third-order valence-corrected chi connectivity index (χ3v) is 19.0. The largest absolute Gasteiger partial charge is 0.394 e. The molecule has 0 aromatic rings. The van der Waals surface area contributed by atoms with Crippen molar-refractivity contribution in [1.29, 1.82) is 0 Å². The van der Waals surface area contributed by atoms with Crippen molar-refractivity contribution in [2.45, 2.75) is 461 Å². The van der Waals surface area contributed by atoms with Crippen molar-refractivity contribution < 1.29 is 39.8 Å². The zero-order valence-electron chi connectivity index (χ0n) is 56.5. The van der Waals surface area contributed by atoms with Crippen molar-refractivity contribution in [3.05, 3.63) is 0 Å². The number of carbonyl (C=O) groups is 1. The van der Waals surface area contributed by atoms with Crippen LogP contribution in [0.25, 0.3) is 0 Å². The van der Waals surface area contributed by atoms with Crippen molar-refractivity contribution in [2.24, 2.45) is 0 Å². The fourth-order valence-electron chi connectivity index (χ4n) is 13.0. The Morgan fingerprint density at radius 3 is 0.845 bits per heavy atom. The van der Waals surface area contributed by atoms with E-state index < -0.39 is 49.5 Å². The minimum atomic E-state index is -1.55. The number of carbonyl (C=O) groups excluding carboxylic acids is 1. The lowest BCUT2D eigenvalue weighted by atomic mass is 9.99. The first-order chi connectivity index (χ1) is 41.3. The molecule has 1 aliphatic heterocycles. The number of unbranched alkanes of at least 4 members (excludes halogenated alkanes) is 59. The Kier molecular flexibility index (Phi) is 63.0. The van der Waals surface area contributed by atoms with Crippen molar-refractivity contribution in [2.75, 3.05) is 13.2 Å². The molecule has 1 heterocycles. The van der Waals surface area contributed by atoms with Crippen LogP contribution < -0.4 is 5.32 Å². The lowest BCUT2D eigenvalue weighted by molar-refractivity contribution is -0.302. The van der Waals surface area contributed by atoms with Crippen LogP contribution in [0.3, 0.4) is 0 Å². The quantitative estimate of drug-likeness (QED) is 0.0330. The Balaban J connectivity index is 2.04. The first kappa shape index (κ1) is 81.2. The van der Waals surface area contributed by atoms with Gasteiger partial charge in [-0.2, -0.15) is 0 Å². The summed E-state index contributed by atoms with van der Waals surface area (Å²) in [5.41, 5.74) is 0. The molecule has 1 amide bonds. The van der Waals surface area contributed by atoms with E-state index in [4.69, 9.17) is 9.47 Å². The van der Waals surface area contributed by atoms with Gasteiger partial charge in [-0.25, -0.2) is 0 Å². The van der Waals surface area contributed by atoms with E-state index in [0.29, 0.717) is 12.8 Å². The Labute approximate surface area is 523 Å². The molecule has 9 heteroatoms. The number of aliphatic hydroxyl groups excluding tert-OH is 5. The average Bonchev–Trinajstić information content (AvgIpc) is 3.70. The van der Waals surface area contributed by atoms with Crippen LogP contribution in [-0.2, 0) is 14.3 Å². The van der Waals surface area contributed by atoms with Gasteiger partial charge in [-0.3, -0.25) is 4.79 Å². The van der Waals surface area contributed by atoms with E-state index in [9.17, 15) is 30.3 Å². The molecule has 1 rings (SSSR count). The second-order valence-corrected chi connectivity index (χ2v) is 27.2. The van der Waals surface area contributed by atoms with E-state index in [1.165, 1.54) is 353 Å². The predicted octanol–water partition coefficient (Wildman–Crippen LogP) is 21.3. The minimum absolute atomic E-state index is 0.130. The summed E-state index contributed by atoms with van der Waals surface area (Å²) >= 11 is 0. The van der Waals surface area contributed by atoms with Gasteiger partial charge in [0.1, 0.15) is 24.4 Å². The molecule has 0 saturated carbocycles.